The quantitative estimate of drug-likeness (QED) is 0.0257. The molecule has 1 radical (unpaired) electrons. The molecule has 0 saturated heterocycles. The Labute approximate surface area is 467 Å². The molecular formula is C63H92BClFN4O7. The third kappa shape index (κ3) is 18.4. The third-order valence-corrected chi connectivity index (χ3v) is 12.7. The van der Waals surface area contributed by atoms with E-state index in [1.54, 1.807) is 34.1 Å². The Morgan fingerprint density at radius 1 is 0.857 bits per heavy atom. The zero-order valence-corrected chi connectivity index (χ0v) is 50.1. The van der Waals surface area contributed by atoms with Gasteiger partial charge < -0.3 is 19.5 Å². The standard InChI is InChI=1S/C33H37ClFNO3.C22H31BN3O4.4C2H6/c1-6-17-36-31-26(15-16-27(34)30(31)29(20(3)4)21(5)7-2)25(32(36)33(37)38)11-9-18-39-28-12-8-10-22-19-23(35)13-14-24(22)28;1-4-8-18(21(28)24-15-23)26-13-17-16(22(26)29)9-7-10-19(17)30-14-20(27)25(11-5-2)12-6-3;4*1-2/h8,10,12-16,19,33,37-38H,3,6-7,9,11,17-18H2,1-2,4-5H3;7,9-10,15,18H,4-6,8,11-14H2,1-3H3,(H,24,28);4*1-2H3/b29-21+;;;;;. The molecule has 3 amide bonds. The van der Waals surface area contributed by atoms with Gasteiger partial charge in [0.2, 0.25) is 0 Å². The van der Waals surface area contributed by atoms with Crippen LogP contribution in [0.4, 0.5) is 4.39 Å². The molecular weight excluding hydrogens is 990 g/mol. The van der Waals surface area contributed by atoms with Crippen molar-refractivity contribution in [3.8, 4) is 11.5 Å². The van der Waals surface area contributed by atoms with E-state index in [4.69, 9.17) is 28.6 Å². The van der Waals surface area contributed by atoms with Gasteiger partial charge in [-0.1, -0.05) is 131 Å². The summed E-state index contributed by atoms with van der Waals surface area (Å²) in [5.41, 5.74) is 7.50. The molecule has 0 fully saturated rings. The predicted molar refractivity (Wildman–Crippen MR) is 323 cm³/mol. The Hall–Kier alpha value is -5.76. The SMILES string of the molecule is C=C(C)/C(=C(/C)CC)c1c(Cl)ccc2c(CCCOc3cccc4cc(F)ccc34)c(C(O)O)n(CCC)c12.CC.CC.CC.CC.[B]=CNC(=O)C(CCC)N1Cc2c(OCC(=O)N(CCC)CCC)cccc2C1=O. The summed E-state index contributed by atoms with van der Waals surface area (Å²) in [6, 6.07) is 18.7. The number of halogens is 2. The van der Waals surface area contributed by atoms with Gasteiger partial charge in [-0.2, -0.15) is 0 Å². The Morgan fingerprint density at radius 2 is 1.48 bits per heavy atom. The van der Waals surface area contributed by atoms with Crippen LogP contribution in [0.1, 0.15) is 188 Å². The number of carbonyl (C=O) groups is 3. The Morgan fingerprint density at radius 3 is 2.05 bits per heavy atom. The Bertz CT molecular complexity index is 2680. The fourth-order valence-electron chi connectivity index (χ4n) is 9.24. The van der Waals surface area contributed by atoms with Crippen LogP contribution in [-0.4, -0.2) is 88.2 Å². The summed E-state index contributed by atoms with van der Waals surface area (Å²) in [7, 11) is 5.32. The number of amides is 3. The first-order valence-corrected chi connectivity index (χ1v) is 28.6. The van der Waals surface area contributed by atoms with Crippen molar-refractivity contribution in [1.29, 1.82) is 0 Å². The van der Waals surface area contributed by atoms with Crippen LogP contribution in [0.25, 0.3) is 27.2 Å². The molecule has 1 aliphatic rings. The molecule has 1 atom stereocenters. The second-order valence-electron chi connectivity index (χ2n) is 17.4. The number of nitrogens with zero attached hydrogens (tertiary/aromatic N) is 3. The summed E-state index contributed by atoms with van der Waals surface area (Å²) in [6.07, 6.45) is 5.39. The van der Waals surface area contributed by atoms with Crippen molar-refractivity contribution >= 4 is 70.1 Å². The molecule has 1 aliphatic heterocycles. The Kier molecular flexibility index (Phi) is 33.4. The summed E-state index contributed by atoms with van der Waals surface area (Å²) < 4.78 is 27.6. The number of rotatable bonds is 23. The summed E-state index contributed by atoms with van der Waals surface area (Å²) >= 11 is 6.85. The number of aliphatic hydroxyl groups is 2. The zero-order valence-electron chi connectivity index (χ0n) is 49.3. The molecule has 5 aromatic rings. The van der Waals surface area contributed by atoms with Gasteiger partial charge in [0.15, 0.2) is 6.29 Å². The van der Waals surface area contributed by atoms with E-state index in [0.717, 1.165) is 82.1 Å². The average Bonchev–Trinajstić information content (AvgIpc) is 3.95. The number of carbonyl (C=O) groups excluding carboxylic acids is 3. The topological polar surface area (TPSA) is 134 Å². The molecule has 6 rings (SSSR count). The summed E-state index contributed by atoms with van der Waals surface area (Å²) in [5.74, 6) is 0.323. The number of benzene rings is 4. The van der Waals surface area contributed by atoms with E-state index in [9.17, 15) is 29.0 Å². The van der Waals surface area contributed by atoms with Crippen LogP contribution in [0, 0.1) is 5.82 Å². The second-order valence-corrected chi connectivity index (χ2v) is 17.8. The van der Waals surface area contributed by atoms with Crippen molar-refractivity contribution < 1.29 is 38.5 Å². The molecule has 0 saturated carbocycles. The van der Waals surface area contributed by atoms with Gasteiger partial charge in [0, 0.05) is 36.0 Å². The molecule has 0 spiro atoms. The van der Waals surface area contributed by atoms with Gasteiger partial charge in [0.25, 0.3) is 0 Å². The number of hydrogen-bond acceptors (Lipinski definition) is 7. The van der Waals surface area contributed by atoms with Crippen LogP contribution >= 0.6 is 11.6 Å². The van der Waals surface area contributed by atoms with Crippen molar-refractivity contribution in [2.75, 3.05) is 26.3 Å². The summed E-state index contributed by atoms with van der Waals surface area (Å²) in [5, 5.41) is 26.8. The van der Waals surface area contributed by atoms with Gasteiger partial charge in [-0.25, -0.2) is 4.39 Å². The number of aromatic nitrogens is 1. The molecule has 4 aromatic carbocycles. The molecule has 0 bridgehead atoms. The normalized spacial score (nSPS) is 11.9. The molecule has 77 heavy (non-hydrogen) atoms. The van der Waals surface area contributed by atoms with Crippen LogP contribution in [0.2, 0.25) is 5.02 Å². The fraction of sp³-hybridized carbons (Fsp3) is 0.492. The van der Waals surface area contributed by atoms with E-state index in [2.05, 4.69) is 32.7 Å². The summed E-state index contributed by atoms with van der Waals surface area (Å²) in [4.78, 5) is 41.3. The number of nitrogens with one attached hydrogen (secondary N) is 1. The van der Waals surface area contributed by atoms with E-state index in [-0.39, 0.29) is 36.7 Å². The first-order valence-electron chi connectivity index (χ1n) is 28.2. The minimum absolute atomic E-state index is 0.0702. The maximum atomic E-state index is 13.7. The molecule has 11 nitrogen and oxygen atoms in total. The summed E-state index contributed by atoms with van der Waals surface area (Å²) in [6.45, 7) is 37.1. The number of allylic oxidation sites excluding steroid dienone is 3. The zero-order chi connectivity index (χ0) is 58.4. The van der Waals surface area contributed by atoms with Gasteiger partial charge >= 0.3 is 140 Å². The number of aliphatic hydroxyl groups excluding tert-OH is 1. The van der Waals surface area contributed by atoms with Gasteiger partial charge in [0.1, 0.15) is 11.6 Å². The number of hydrogen-bond donors (Lipinski definition) is 3. The van der Waals surface area contributed by atoms with E-state index in [1.165, 1.54) is 17.7 Å². The first kappa shape index (κ1) is 69.3. The van der Waals surface area contributed by atoms with Crippen molar-refractivity contribution in [1.82, 2.24) is 19.7 Å². The van der Waals surface area contributed by atoms with Gasteiger partial charge in [-0.05, 0) is 99.2 Å². The molecule has 423 valence electrons. The van der Waals surface area contributed by atoms with Crippen LogP contribution in [-0.2, 0) is 29.1 Å². The average molecular weight is 1080 g/mol. The predicted octanol–water partition coefficient (Wildman–Crippen LogP) is 14.7. The minimum atomic E-state index is -1.64. The molecule has 3 N–H and O–H groups in total. The van der Waals surface area contributed by atoms with Crippen molar-refractivity contribution in [3.63, 3.8) is 0 Å². The third-order valence-electron chi connectivity index (χ3n) is 12.4. The number of aryl methyl sites for hydroxylation is 2. The number of fused-ring (bicyclic) bond motifs is 3. The number of ether oxygens (including phenoxy) is 2. The van der Waals surface area contributed by atoms with Crippen molar-refractivity contribution in [2.45, 2.75) is 181 Å². The van der Waals surface area contributed by atoms with Gasteiger partial charge in [0.05, 0.1) is 22.8 Å². The van der Waals surface area contributed by atoms with Crippen LogP contribution in [0.3, 0.4) is 0 Å². The first-order chi connectivity index (χ1) is 37.2. The maximum absolute atomic E-state index is 13.7. The van der Waals surface area contributed by atoms with Crippen LogP contribution in [0.5, 0.6) is 11.5 Å². The van der Waals surface area contributed by atoms with Crippen LogP contribution < -0.4 is 14.8 Å². The van der Waals surface area contributed by atoms with Gasteiger partial charge in [-0.15, -0.1) is 0 Å². The monoisotopic (exact) mass is 1080 g/mol. The molecule has 0 aliphatic carbocycles. The van der Waals surface area contributed by atoms with E-state index in [1.807, 2.05) is 118 Å². The molecule has 1 aromatic heterocycles. The molecule has 2 heterocycles. The molecule has 14 heteroatoms. The molecule has 1 unspecified atom stereocenters. The van der Waals surface area contributed by atoms with Crippen LogP contribution in [0.15, 0.2) is 84.5 Å². The van der Waals surface area contributed by atoms with Crippen molar-refractivity contribution in [3.05, 3.63) is 123 Å². The van der Waals surface area contributed by atoms with E-state index < -0.39 is 12.3 Å². The Balaban J connectivity index is 0.000000700. The van der Waals surface area contributed by atoms with Gasteiger partial charge in [-0.3, -0.25) is 0 Å². The fourth-order valence-corrected chi connectivity index (χ4v) is 9.48. The van der Waals surface area contributed by atoms with Crippen molar-refractivity contribution in [2.24, 2.45) is 0 Å². The second kappa shape index (κ2) is 37.1. The van der Waals surface area contributed by atoms with E-state index in [0.29, 0.717) is 78.8 Å². The van der Waals surface area contributed by atoms with E-state index >= 15 is 0 Å².